The van der Waals surface area contributed by atoms with Crippen LogP contribution in [0.15, 0.2) is 29.8 Å². The van der Waals surface area contributed by atoms with Gasteiger partial charge in [0.25, 0.3) is 0 Å². The molecule has 23 heavy (non-hydrogen) atoms. The van der Waals surface area contributed by atoms with E-state index in [1.165, 1.54) is 14.2 Å². The predicted molar refractivity (Wildman–Crippen MR) is 80.3 cm³/mol. The Morgan fingerprint density at radius 2 is 1.96 bits per heavy atom. The van der Waals surface area contributed by atoms with Gasteiger partial charge in [0.1, 0.15) is 0 Å². The van der Waals surface area contributed by atoms with Gasteiger partial charge in [0, 0.05) is 23.0 Å². The van der Waals surface area contributed by atoms with Gasteiger partial charge in [-0.15, -0.1) is 0 Å². The second kappa shape index (κ2) is 5.95. The van der Waals surface area contributed by atoms with E-state index in [1.807, 2.05) is 12.1 Å². The molecular weight excluding hydrogens is 300 g/mol. The summed E-state index contributed by atoms with van der Waals surface area (Å²) in [5, 5.41) is 0. The molecule has 0 fully saturated rings. The topological polar surface area (TPSA) is 71.1 Å². The first-order chi connectivity index (χ1) is 11.1. The van der Waals surface area contributed by atoms with Crippen molar-refractivity contribution in [3.8, 4) is 11.5 Å². The van der Waals surface area contributed by atoms with Gasteiger partial charge in [-0.1, -0.05) is 18.2 Å². The van der Waals surface area contributed by atoms with Crippen molar-refractivity contribution in [1.29, 1.82) is 0 Å². The lowest BCUT2D eigenvalue weighted by Gasteiger charge is -2.32. The molecule has 1 aromatic carbocycles. The third-order valence-corrected chi connectivity index (χ3v) is 4.47. The summed E-state index contributed by atoms with van der Waals surface area (Å²) in [6, 6.07) is 5.53. The molecule has 0 saturated carbocycles. The summed E-state index contributed by atoms with van der Waals surface area (Å²) in [4.78, 5) is 24.2. The molecule has 0 spiro atoms. The van der Waals surface area contributed by atoms with Gasteiger partial charge in [0.2, 0.25) is 0 Å². The number of fused-ring (bicyclic) bond motifs is 3. The number of hydrogen-bond acceptors (Lipinski definition) is 6. The van der Waals surface area contributed by atoms with E-state index in [0.717, 1.165) is 5.56 Å². The van der Waals surface area contributed by atoms with Crippen molar-refractivity contribution >= 4 is 11.9 Å². The van der Waals surface area contributed by atoms with Crippen LogP contribution in [-0.4, -0.2) is 39.9 Å². The molecule has 0 unspecified atom stereocenters. The van der Waals surface area contributed by atoms with Crippen molar-refractivity contribution in [3.63, 3.8) is 0 Å². The summed E-state index contributed by atoms with van der Waals surface area (Å²) < 4.78 is 20.9. The van der Waals surface area contributed by atoms with E-state index >= 15 is 0 Å². The molecule has 0 N–H and O–H groups in total. The highest BCUT2D eigenvalue weighted by atomic mass is 16.5. The number of para-hydroxylation sites is 1. The van der Waals surface area contributed by atoms with Gasteiger partial charge in [-0.25, -0.2) is 4.79 Å². The Morgan fingerprint density at radius 1 is 1.17 bits per heavy atom. The molecule has 6 heteroatoms. The standard InChI is InChI=1S/C17H18O6/c1-20-13-6-4-5-9-14-11(17(19)22-3)7-10(16(18)21-2)12(14)8-23-15(9)13/h4-7,11-12,14H,8H2,1-3H3/t11-,12-,14+/m0/s1. The quantitative estimate of drug-likeness (QED) is 0.790. The molecule has 2 aliphatic rings. The Bertz CT molecular complexity index is 678. The van der Waals surface area contributed by atoms with Gasteiger partial charge in [-0.2, -0.15) is 0 Å². The molecule has 0 amide bonds. The molecule has 0 bridgehead atoms. The van der Waals surface area contributed by atoms with Gasteiger partial charge in [-0.3, -0.25) is 4.79 Å². The molecule has 3 rings (SSSR count). The first-order valence-electron chi connectivity index (χ1n) is 7.30. The van der Waals surface area contributed by atoms with Gasteiger partial charge in [0.15, 0.2) is 11.5 Å². The lowest BCUT2D eigenvalue weighted by Crippen LogP contribution is -2.31. The van der Waals surface area contributed by atoms with Crippen molar-refractivity contribution in [1.82, 2.24) is 0 Å². The third-order valence-electron chi connectivity index (χ3n) is 4.47. The zero-order valence-electron chi connectivity index (χ0n) is 13.2. The number of carbonyl (C=O) groups is 2. The van der Waals surface area contributed by atoms with Crippen molar-refractivity contribution in [2.24, 2.45) is 11.8 Å². The Morgan fingerprint density at radius 3 is 2.61 bits per heavy atom. The minimum absolute atomic E-state index is 0.226. The van der Waals surface area contributed by atoms with Crippen molar-refractivity contribution < 1.29 is 28.5 Å². The van der Waals surface area contributed by atoms with E-state index in [0.29, 0.717) is 17.1 Å². The number of methoxy groups -OCH3 is 3. The smallest absolute Gasteiger partial charge is 0.333 e. The molecule has 6 nitrogen and oxygen atoms in total. The van der Waals surface area contributed by atoms with Crippen LogP contribution in [0.25, 0.3) is 0 Å². The maximum absolute atomic E-state index is 12.2. The highest BCUT2D eigenvalue weighted by Gasteiger charge is 2.48. The van der Waals surface area contributed by atoms with Gasteiger partial charge >= 0.3 is 11.9 Å². The lowest BCUT2D eigenvalue weighted by atomic mass is 9.79. The summed E-state index contributed by atoms with van der Waals surface area (Å²) in [7, 11) is 4.23. The zero-order chi connectivity index (χ0) is 16.6. The number of esters is 2. The van der Waals surface area contributed by atoms with Crippen LogP contribution in [0.4, 0.5) is 0 Å². The maximum atomic E-state index is 12.2. The molecule has 0 radical (unpaired) electrons. The highest BCUT2D eigenvalue weighted by Crippen LogP contribution is 2.52. The van der Waals surface area contributed by atoms with Crippen LogP contribution >= 0.6 is 0 Å². The second-order valence-corrected chi connectivity index (χ2v) is 5.48. The number of benzene rings is 1. The summed E-state index contributed by atoms with van der Waals surface area (Å²) in [6.07, 6.45) is 1.64. The fourth-order valence-corrected chi connectivity index (χ4v) is 3.44. The third kappa shape index (κ3) is 2.34. The molecule has 1 aliphatic carbocycles. The number of carbonyl (C=O) groups excluding carboxylic acids is 2. The summed E-state index contributed by atoms with van der Waals surface area (Å²) in [5.41, 5.74) is 1.30. The van der Waals surface area contributed by atoms with E-state index in [-0.39, 0.29) is 24.4 Å². The molecule has 3 atom stereocenters. The van der Waals surface area contributed by atoms with Crippen molar-refractivity contribution in [3.05, 3.63) is 35.4 Å². The largest absolute Gasteiger partial charge is 0.493 e. The van der Waals surface area contributed by atoms with E-state index in [4.69, 9.17) is 18.9 Å². The van der Waals surface area contributed by atoms with Gasteiger partial charge in [-0.05, 0) is 6.07 Å². The Balaban J connectivity index is 2.09. The van der Waals surface area contributed by atoms with Crippen LogP contribution in [0, 0.1) is 11.8 Å². The summed E-state index contributed by atoms with van der Waals surface area (Å²) in [5.74, 6) is -0.618. The fraction of sp³-hybridized carbons (Fsp3) is 0.412. The second-order valence-electron chi connectivity index (χ2n) is 5.48. The molecule has 1 aromatic rings. The first-order valence-corrected chi connectivity index (χ1v) is 7.30. The van der Waals surface area contributed by atoms with E-state index in [1.54, 1.807) is 19.3 Å². The molecule has 1 aliphatic heterocycles. The fourth-order valence-electron chi connectivity index (χ4n) is 3.44. The predicted octanol–water partition coefficient (Wildman–Crippen LogP) is 1.69. The molecule has 0 aromatic heterocycles. The number of hydrogen-bond donors (Lipinski definition) is 0. The van der Waals surface area contributed by atoms with E-state index < -0.39 is 11.9 Å². The van der Waals surface area contributed by atoms with Crippen LogP contribution in [0.5, 0.6) is 11.5 Å². The normalized spacial score (nSPS) is 24.7. The van der Waals surface area contributed by atoms with Crippen LogP contribution in [0.1, 0.15) is 11.5 Å². The number of ether oxygens (including phenoxy) is 4. The van der Waals surface area contributed by atoms with Crippen LogP contribution < -0.4 is 9.47 Å². The molecule has 0 saturated heterocycles. The Kier molecular flexibility index (Phi) is 3.98. The zero-order valence-corrected chi connectivity index (χ0v) is 13.2. The molecular formula is C17H18O6. The average molecular weight is 318 g/mol. The number of rotatable bonds is 3. The summed E-state index contributed by atoms with van der Waals surface area (Å²) >= 11 is 0. The molecule has 122 valence electrons. The van der Waals surface area contributed by atoms with Crippen LogP contribution in [0.3, 0.4) is 0 Å². The van der Waals surface area contributed by atoms with E-state index in [9.17, 15) is 9.59 Å². The summed E-state index contributed by atoms with van der Waals surface area (Å²) in [6.45, 7) is 0.284. The highest BCUT2D eigenvalue weighted by molar-refractivity contribution is 5.93. The van der Waals surface area contributed by atoms with Crippen LogP contribution in [0.2, 0.25) is 0 Å². The minimum atomic E-state index is -0.547. The lowest BCUT2D eigenvalue weighted by molar-refractivity contribution is -0.144. The molecule has 1 heterocycles. The maximum Gasteiger partial charge on any atom is 0.333 e. The van der Waals surface area contributed by atoms with Crippen molar-refractivity contribution in [2.45, 2.75) is 5.92 Å². The first kappa shape index (κ1) is 15.4. The van der Waals surface area contributed by atoms with Gasteiger partial charge < -0.3 is 18.9 Å². The van der Waals surface area contributed by atoms with Crippen molar-refractivity contribution in [2.75, 3.05) is 27.9 Å². The Labute approximate surface area is 134 Å². The average Bonchev–Trinajstić information content (AvgIpc) is 2.99. The Hall–Kier alpha value is -2.50. The SMILES string of the molecule is COC(=O)C1=C[C@H](C(=O)OC)[C@H]2c3cccc(OC)c3OC[C@@H]12. The van der Waals surface area contributed by atoms with Crippen LogP contribution in [-0.2, 0) is 19.1 Å². The minimum Gasteiger partial charge on any atom is -0.493 e. The van der Waals surface area contributed by atoms with E-state index in [2.05, 4.69) is 0 Å². The monoisotopic (exact) mass is 318 g/mol. The van der Waals surface area contributed by atoms with Gasteiger partial charge in [0.05, 0.1) is 33.9 Å².